The van der Waals surface area contributed by atoms with Crippen LogP contribution in [0.25, 0.3) is 0 Å². The Morgan fingerprint density at radius 2 is 2.14 bits per heavy atom. The molecule has 0 aromatic heterocycles. The van der Waals surface area contributed by atoms with E-state index in [0.29, 0.717) is 31.9 Å². The average molecular weight is 292 g/mol. The summed E-state index contributed by atoms with van der Waals surface area (Å²) in [4.78, 5) is 25.9. The minimum Gasteiger partial charge on any atom is -0.379 e. The lowest BCUT2D eigenvalue weighted by Gasteiger charge is -2.16. The van der Waals surface area contributed by atoms with E-state index in [-0.39, 0.29) is 11.7 Å². The molecule has 1 heterocycles. The second-order valence-corrected chi connectivity index (χ2v) is 5.16. The SMILES string of the molecule is CCCNc1cc(CN2CCN(C)C2=O)ccc1[N+](=O)[O-]. The number of amides is 2. The summed E-state index contributed by atoms with van der Waals surface area (Å²) in [5, 5.41) is 14.1. The fourth-order valence-electron chi connectivity index (χ4n) is 2.31. The second-order valence-electron chi connectivity index (χ2n) is 5.16. The molecule has 1 fully saturated rings. The zero-order valence-electron chi connectivity index (χ0n) is 12.3. The van der Waals surface area contributed by atoms with Gasteiger partial charge in [-0.15, -0.1) is 0 Å². The van der Waals surface area contributed by atoms with E-state index in [1.165, 1.54) is 6.07 Å². The second kappa shape index (κ2) is 6.43. The molecule has 1 saturated heterocycles. The van der Waals surface area contributed by atoms with Crippen LogP contribution in [-0.2, 0) is 6.54 Å². The lowest BCUT2D eigenvalue weighted by atomic mass is 10.1. The van der Waals surface area contributed by atoms with Gasteiger partial charge >= 0.3 is 6.03 Å². The first kappa shape index (κ1) is 15.1. The Kier molecular flexibility index (Phi) is 4.62. The highest BCUT2D eigenvalue weighted by Gasteiger charge is 2.25. The molecular weight excluding hydrogens is 272 g/mol. The van der Waals surface area contributed by atoms with Gasteiger partial charge in [0.05, 0.1) is 4.92 Å². The molecule has 0 bridgehead atoms. The molecule has 0 radical (unpaired) electrons. The Labute approximate surface area is 123 Å². The Bertz CT molecular complexity index is 547. The molecule has 0 saturated carbocycles. The first-order valence-corrected chi connectivity index (χ1v) is 7.04. The number of hydrogen-bond donors (Lipinski definition) is 1. The van der Waals surface area contributed by atoms with Crippen LogP contribution in [0, 0.1) is 10.1 Å². The van der Waals surface area contributed by atoms with Crippen LogP contribution in [-0.4, -0.2) is 47.4 Å². The number of anilines is 1. The third kappa shape index (κ3) is 3.42. The fraction of sp³-hybridized carbons (Fsp3) is 0.500. The van der Waals surface area contributed by atoms with Crippen LogP contribution in [0.5, 0.6) is 0 Å². The fourth-order valence-corrected chi connectivity index (χ4v) is 2.31. The topological polar surface area (TPSA) is 78.7 Å². The normalized spacial score (nSPS) is 14.7. The van der Waals surface area contributed by atoms with Crippen molar-refractivity contribution in [1.82, 2.24) is 9.80 Å². The van der Waals surface area contributed by atoms with E-state index in [0.717, 1.165) is 12.0 Å². The van der Waals surface area contributed by atoms with Crippen LogP contribution in [0.1, 0.15) is 18.9 Å². The molecule has 1 aliphatic heterocycles. The maximum Gasteiger partial charge on any atom is 0.320 e. The van der Waals surface area contributed by atoms with Crippen molar-refractivity contribution in [2.75, 3.05) is 32.0 Å². The zero-order valence-corrected chi connectivity index (χ0v) is 12.3. The highest BCUT2D eigenvalue weighted by molar-refractivity contribution is 5.76. The standard InChI is InChI=1S/C14H20N4O3/c1-3-6-15-12-9-11(4-5-13(12)18(20)21)10-17-8-7-16(2)14(17)19/h4-5,9,15H,3,6-8,10H2,1-2H3. The van der Waals surface area contributed by atoms with Gasteiger partial charge in [0.25, 0.3) is 5.69 Å². The minimum absolute atomic E-state index is 0.00331. The van der Waals surface area contributed by atoms with Crippen molar-refractivity contribution in [2.45, 2.75) is 19.9 Å². The average Bonchev–Trinajstić information content (AvgIpc) is 2.77. The number of nitro groups is 1. The zero-order chi connectivity index (χ0) is 15.4. The Morgan fingerprint density at radius 3 is 2.71 bits per heavy atom. The molecule has 0 atom stereocenters. The largest absolute Gasteiger partial charge is 0.379 e. The molecule has 1 N–H and O–H groups in total. The number of likely N-dealkylation sites (N-methyl/N-ethyl adjacent to an activating group) is 1. The monoisotopic (exact) mass is 292 g/mol. The first-order valence-electron chi connectivity index (χ1n) is 7.04. The van der Waals surface area contributed by atoms with Crippen molar-refractivity contribution in [3.63, 3.8) is 0 Å². The predicted molar refractivity (Wildman–Crippen MR) is 80.3 cm³/mol. The highest BCUT2D eigenvalue weighted by atomic mass is 16.6. The smallest absolute Gasteiger partial charge is 0.320 e. The van der Waals surface area contributed by atoms with Crippen LogP contribution in [0.15, 0.2) is 18.2 Å². The van der Waals surface area contributed by atoms with Gasteiger partial charge in [0, 0.05) is 39.3 Å². The minimum atomic E-state index is -0.392. The molecule has 2 rings (SSSR count). The summed E-state index contributed by atoms with van der Waals surface area (Å²) in [6.07, 6.45) is 0.886. The van der Waals surface area contributed by atoms with Gasteiger partial charge in [-0.25, -0.2) is 4.79 Å². The molecule has 1 aliphatic rings. The van der Waals surface area contributed by atoms with E-state index < -0.39 is 4.92 Å². The summed E-state index contributed by atoms with van der Waals surface area (Å²) < 4.78 is 0. The number of benzene rings is 1. The summed E-state index contributed by atoms with van der Waals surface area (Å²) in [7, 11) is 1.77. The van der Waals surface area contributed by atoms with Gasteiger partial charge in [-0.05, 0) is 18.1 Å². The van der Waals surface area contributed by atoms with Gasteiger partial charge in [0.2, 0.25) is 0 Å². The number of carbonyl (C=O) groups is 1. The van der Waals surface area contributed by atoms with Crippen molar-refractivity contribution in [2.24, 2.45) is 0 Å². The van der Waals surface area contributed by atoms with Crippen molar-refractivity contribution >= 4 is 17.4 Å². The molecule has 0 spiro atoms. The molecule has 2 amide bonds. The van der Waals surface area contributed by atoms with Crippen molar-refractivity contribution < 1.29 is 9.72 Å². The van der Waals surface area contributed by atoms with Crippen molar-refractivity contribution in [3.05, 3.63) is 33.9 Å². The van der Waals surface area contributed by atoms with E-state index in [2.05, 4.69) is 5.32 Å². The molecule has 114 valence electrons. The van der Waals surface area contributed by atoms with E-state index >= 15 is 0 Å². The number of urea groups is 1. The van der Waals surface area contributed by atoms with E-state index in [1.807, 2.05) is 6.92 Å². The molecule has 0 aliphatic carbocycles. The number of hydrogen-bond acceptors (Lipinski definition) is 4. The number of nitrogens with zero attached hydrogens (tertiary/aromatic N) is 3. The maximum atomic E-state index is 11.9. The summed E-state index contributed by atoms with van der Waals surface area (Å²) >= 11 is 0. The lowest BCUT2D eigenvalue weighted by molar-refractivity contribution is -0.384. The Hall–Kier alpha value is -2.31. The van der Waals surface area contributed by atoms with E-state index in [4.69, 9.17) is 0 Å². The van der Waals surface area contributed by atoms with Gasteiger partial charge in [0.1, 0.15) is 5.69 Å². The number of rotatable bonds is 6. The van der Waals surface area contributed by atoms with Crippen LogP contribution in [0.4, 0.5) is 16.2 Å². The van der Waals surface area contributed by atoms with Gasteiger partial charge in [0.15, 0.2) is 0 Å². The number of carbonyl (C=O) groups excluding carboxylic acids is 1. The van der Waals surface area contributed by atoms with Crippen molar-refractivity contribution in [1.29, 1.82) is 0 Å². The quantitative estimate of drug-likeness (QED) is 0.644. The summed E-state index contributed by atoms with van der Waals surface area (Å²) in [6.45, 7) is 4.55. The molecule has 0 unspecified atom stereocenters. The molecule has 21 heavy (non-hydrogen) atoms. The highest BCUT2D eigenvalue weighted by Crippen LogP contribution is 2.26. The molecular formula is C14H20N4O3. The third-order valence-electron chi connectivity index (χ3n) is 3.50. The number of nitro benzene ring substituents is 1. The van der Waals surface area contributed by atoms with E-state index in [9.17, 15) is 14.9 Å². The van der Waals surface area contributed by atoms with E-state index in [1.54, 1.807) is 29.0 Å². The van der Waals surface area contributed by atoms with Crippen LogP contribution >= 0.6 is 0 Å². The number of nitrogens with one attached hydrogen (secondary N) is 1. The molecule has 1 aromatic rings. The Morgan fingerprint density at radius 1 is 1.38 bits per heavy atom. The lowest BCUT2D eigenvalue weighted by Crippen LogP contribution is -2.28. The molecule has 7 heteroatoms. The summed E-state index contributed by atoms with van der Waals surface area (Å²) in [5.41, 5.74) is 1.47. The van der Waals surface area contributed by atoms with Crippen LogP contribution < -0.4 is 5.32 Å². The Balaban J connectivity index is 2.17. The van der Waals surface area contributed by atoms with Gasteiger partial charge < -0.3 is 15.1 Å². The maximum absolute atomic E-state index is 11.9. The van der Waals surface area contributed by atoms with Gasteiger partial charge in [-0.3, -0.25) is 10.1 Å². The predicted octanol–water partition coefficient (Wildman–Crippen LogP) is 2.28. The van der Waals surface area contributed by atoms with Crippen LogP contribution in [0.2, 0.25) is 0 Å². The van der Waals surface area contributed by atoms with Gasteiger partial charge in [-0.1, -0.05) is 13.0 Å². The van der Waals surface area contributed by atoms with Crippen molar-refractivity contribution in [3.8, 4) is 0 Å². The molecule has 7 nitrogen and oxygen atoms in total. The summed E-state index contributed by atoms with van der Waals surface area (Å²) in [6, 6.07) is 4.97. The first-order chi connectivity index (χ1) is 10.0. The summed E-state index contributed by atoms with van der Waals surface area (Å²) in [5.74, 6) is 0. The van der Waals surface area contributed by atoms with Crippen LogP contribution in [0.3, 0.4) is 0 Å². The molecule has 1 aromatic carbocycles. The van der Waals surface area contributed by atoms with Gasteiger partial charge in [-0.2, -0.15) is 0 Å². The third-order valence-corrected chi connectivity index (χ3v) is 3.50.